The molecule has 0 spiro atoms. The van der Waals surface area contributed by atoms with Crippen molar-refractivity contribution < 1.29 is 23.9 Å². The lowest BCUT2D eigenvalue weighted by molar-refractivity contribution is -0.151. The van der Waals surface area contributed by atoms with Crippen LogP contribution in [0.4, 0.5) is 0 Å². The third-order valence-corrected chi connectivity index (χ3v) is 8.28. The molecule has 3 atom stereocenters. The van der Waals surface area contributed by atoms with Crippen LogP contribution in [0.25, 0.3) is 10.9 Å². The highest BCUT2D eigenvalue weighted by molar-refractivity contribution is 6.76. The van der Waals surface area contributed by atoms with Crippen molar-refractivity contribution in [2.45, 2.75) is 44.8 Å². The van der Waals surface area contributed by atoms with Crippen LogP contribution in [0.15, 0.2) is 24.3 Å². The molecule has 0 N–H and O–H groups in total. The molecule has 0 unspecified atom stereocenters. The summed E-state index contributed by atoms with van der Waals surface area (Å²) in [6.45, 7) is 7.95. The second kappa shape index (κ2) is 7.91. The van der Waals surface area contributed by atoms with E-state index in [1.165, 1.54) is 14.2 Å². The minimum Gasteiger partial charge on any atom is -0.469 e. The number of carbonyl (C=O) groups is 3. The number of likely N-dealkylation sites (N-methyl/N-ethyl adjacent to an activating group) is 1. The lowest BCUT2D eigenvalue weighted by atomic mass is 9.71. The lowest BCUT2D eigenvalue weighted by Crippen LogP contribution is -2.38. The Kier molecular flexibility index (Phi) is 5.55. The van der Waals surface area contributed by atoms with Gasteiger partial charge >= 0.3 is 5.97 Å². The number of para-hydroxylation sites is 1. The summed E-state index contributed by atoms with van der Waals surface area (Å²) in [6, 6.07) is 8.93. The molecule has 1 aliphatic heterocycles. The number of likely N-dealkylation sites (tertiary alicyclic amines) is 1. The molecule has 8 heteroatoms. The molecule has 2 aliphatic rings. The average molecular weight is 443 g/mol. The van der Waals surface area contributed by atoms with Crippen LogP contribution in [0.1, 0.15) is 17.2 Å². The van der Waals surface area contributed by atoms with E-state index in [-0.39, 0.29) is 11.8 Å². The Balaban J connectivity index is 1.80. The number of imide groups is 1. The summed E-state index contributed by atoms with van der Waals surface area (Å²) in [5.41, 5.74) is 2.71. The van der Waals surface area contributed by atoms with Crippen LogP contribution < -0.4 is 0 Å². The summed E-state index contributed by atoms with van der Waals surface area (Å²) in [5.74, 6) is -3.09. The minimum absolute atomic E-state index is 0.257. The molecular weight excluding hydrogens is 412 g/mol. The molecule has 1 saturated heterocycles. The molecule has 2 amide bonds. The van der Waals surface area contributed by atoms with Gasteiger partial charge in [-0.05, 0) is 17.7 Å². The summed E-state index contributed by atoms with van der Waals surface area (Å²) < 4.78 is 13.1. The molecule has 1 fully saturated rings. The average Bonchev–Trinajstić information content (AvgIpc) is 3.16. The SMILES string of the molecule is COC(=O)[C@H]1Cc2c(c3ccccc3n2COCC[Si](C)(C)C)[C@H]2C(=O)N(C)C(=O)[C@@H]12. The first-order chi connectivity index (χ1) is 14.7. The topological polar surface area (TPSA) is 77.8 Å². The largest absolute Gasteiger partial charge is 0.469 e. The van der Waals surface area contributed by atoms with Gasteiger partial charge in [0.1, 0.15) is 6.73 Å². The first kappa shape index (κ1) is 21.8. The van der Waals surface area contributed by atoms with Crippen molar-refractivity contribution in [3.8, 4) is 0 Å². The van der Waals surface area contributed by atoms with Crippen molar-refractivity contribution in [3.63, 3.8) is 0 Å². The zero-order valence-electron chi connectivity index (χ0n) is 18.8. The van der Waals surface area contributed by atoms with Crippen LogP contribution in [0.3, 0.4) is 0 Å². The van der Waals surface area contributed by atoms with E-state index >= 15 is 0 Å². The second-order valence-corrected chi connectivity index (χ2v) is 15.3. The molecule has 1 aliphatic carbocycles. The summed E-state index contributed by atoms with van der Waals surface area (Å²) in [7, 11) is 1.60. The third-order valence-electron chi connectivity index (χ3n) is 6.57. The Morgan fingerprint density at radius 2 is 1.87 bits per heavy atom. The van der Waals surface area contributed by atoms with Gasteiger partial charge in [-0.15, -0.1) is 0 Å². The fourth-order valence-electron chi connectivity index (χ4n) is 4.89. The minimum atomic E-state index is -1.22. The lowest BCUT2D eigenvalue weighted by Gasteiger charge is -2.30. The van der Waals surface area contributed by atoms with Gasteiger partial charge < -0.3 is 14.0 Å². The molecule has 31 heavy (non-hydrogen) atoms. The second-order valence-electron chi connectivity index (χ2n) is 9.73. The van der Waals surface area contributed by atoms with Crippen LogP contribution in [0.2, 0.25) is 25.7 Å². The van der Waals surface area contributed by atoms with Crippen LogP contribution >= 0.6 is 0 Å². The van der Waals surface area contributed by atoms with Gasteiger partial charge in [0.25, 0.3) is 0 Å². The van der Waals surface area contributed by atoms with Gasteiger partial charge in [-0.2, -0.15) is 0 Å². The summed E-state index contributed by atoms with van der Waals surface area (Å²) in [6.07, 6.45) is 0.349. The van der Waals surface area contributed by atoms with Gasteiger partial charge in [-0.1, -0.05) is 37.8 Å². The first-order valence-corrected chi connectivity index (χ1v) is 14.4. The van der Waals surface area contributed by atoms with Crippen molar-refractivity contribution in [3.05, 3.63) is 35.5 Å². The van der Waals surface area contributed by atoms with Gasteiger partial charge in [0.15, 0.2) is 0 Å². The highest BCUT2D eigenvalue weighted by Gasteiger charge is 2.56. The van der Waals surface area contributed by atoms with E-state index in [0.717, 1.165) is 33.1 Å². The number of hydrogen-bond donors (Lipinski definition) is 0. The number of aromatic nitrogens is 1. The van der Waals surface area contributed by atoms with Crippen molar-refractivity contribution in [1.82, 2.24) is 9.47 Å². The Labute approximate surface area is 183 Å². The summed E-state index contributed by atoms with van der Waals surface area (Å²) in [4.78, 5) is 39.8. The van der Waals surface area contributed by atoms with Gasteiger partial charge in [-0.25, -0.2) is 0 Å². The number of fused-ring (bicyclic) bond motifs is 5. The van der Waals surface area contributed by atoms with E-state index in [1.807, 2.05) is 24.3 Å². The Morgan fingerprint density at radius 1 is 1.16 bits per heavy atom. The van der Waals surface area contributed by atoms with E-state index in [4.69, 9.17) is 9.47 Å². The van der Waals surface area contributed by atoms with Crippen molar-refractivity contribution >= 4 is 36.8 Å². The van der Waals surface area contributed by atoms with E-state index in [1.54, 1.807) is 0 Å². The zero-order chi connectivity index (χ0) is 22.5. The third kappa shape index (κ3) is 3.61. The number of ether oxygens (including phenoxy) is 2. The highest BCUT2D eigenvalue weighted by atomic mass is 28.3. The maximum absolute atomic E-state index is 13.1. The van der Waals surface area contributed by atoms with Crippen LogP contribution in [-0.2, 0) is 37.0 Å². The maximum atomic E-state index is 13.1. The predicted molar refractivity (Wildman–Crippen MR) is 119 cm³/mol. The molecule has 166 valence electrons. The van der Waals surface area contributed by atoms with Crippen LogP contribution in [0.5, 0.6) is 0 Å². The van der Waals surface area contributed by atoms with Gasteiger partial charge in [0.05, 0.1) is 30.4 Å². The standard InChI is InChI=1S/C23H30N2O5Si/c1-24-21(26)19-15(23(28)29-2)12-17-18(20(19)22(24)27)14-8-6-7-9-16(14)25(17)13-30-10-11-31(3,4)5/h6-9,15,19-20H,10-13H2,1-5H3/t15-,19-,20+/m0/s1. The number of nitrogens with zero attached hydrogens (tertiary/aromatic N) is 2. The highest BCUT2D eigenvalue weighted by Crippen LogP contribution is 2.49. The molecule has 1 aromatic carbocycles. The Hall–Kier alpha value is -2.45. The number of benzene rings is 1. The van der Waals surface area contributed by atoms with Crippen molar-refractivity contribution in [2.75, 3.05) is 20.8 Å². The number of methoxy groups -OCH3 is 1. The Morgan fingerprint density at radius 3 is 2.55 bits per heavy atom. The fourth-order valence-corrected chi connectivity index (χ4v) is 5.65. The molecule has 2 heterocycles. The zero-order valence-corrected chi connectivity index (χ0v) is 19.8. The molecule has 2 aromatic rings. The number of esters is 1. The number of hydrogen-bond acceptors (Lipinski definition) is 5. The van der Waals surface area contributed by atoms with E-state index in [0.29, 0.717) is 19.8 Å². The molecule has 0 saturated carbocycles. The number of rotatable bonds is 6. The Bertz CT molecular complexity index is 1050. The van der Waals surface area contributed by atoms with Gasteiger partial charge in [-0.3, -0.25) is 19.3 Å². The summed E-state index contributed by atoms with van der Waals surface area (Å²) in [5, 5.41) is 0.945. The smallest absolute Gasteiger partial charge is 0.309 e. The quantitative estimate of drug-likeness (QED) is 0.297. The predicted octanol–water partition coefficient (Wildman–Crippen LogP) is 3.00. The van der Waals surface area contributed by atoms with E-state index in [2.05, 4.69) is 24.2 Å². The van der Waals surface area contributed by atoms with Crippen molar-refractivity contribution in [1.29, 1.82) is 0 Å². The molecule has 0 bridgehead atoms. The maximum Gasteiger partial charge on any atom is 0.309 e. The van der Waals surface area contributed by atoms with E-state index in [9.17, 15) is 14.4 Å². The molecule has 1 aromatic heterocycles. The number of carbonyl (C=O) groups excluding carboxylic acids is 3. The molecule has 7 nitrogen and oxygen atoms in total. The summed E-state index contributed by atoms with van der Waals surface area (Å²) >= 11 is 0. The van der Waals surface area contributed by atoms with Gasteiger partial charge in [0.2, 0.25) is 11.8 Å². The fraction of sp³-hybridized carbons (Fsp3) is 0.522. The molecule has 4 rings (SSSR count). The van der Waals surface area contributed by atoms with Gasteiger partial charge in [0, 0.05) is 39.2 Å². The normalized spacial score (nSPS) is 23.3. The number of amides is 2. The molecular formula is C23H30N2O5Si. The van der Waals surface area contributed by atoms with Crippen LogP contribution in [0, 0.1) is 11.8 Å². The van der Waals surface area contributed by atoms with Crippen LogP contribution in [-0.4, -0.2) is 56.1 Å². The molecule has 0 radical (unpaired) electrons. The monoisotopic (exact) mass is 442 g/mol. The first-order valence-electron chi connectivity index (χ1n) is 10.7. The van der Waals surface area contributed by atoms with Crippen molar-refractivity contribution in [2.24, 2.45) is 11.8 Å². The van der Waals surface area contributed by atoms with E-state index < -0.39 is 31.8 Å².